The Hall–Kier alpha value is -4.24. The van der Waals surface area contributed by atoms with E-state index in [1.165, 1.54) is 10.5 Å². The van der Waals surface area contributed by atoms with Crippen LogP contribution in [0.2, 0.25) is 0 Å². The van der Waals surface area contributed by atoms with Gasteiger partial charge in [0, 0.05) is 49.9 Å². The summed E-state index contributed by atoms with van der Waals surface area (Å²) in [6.07, 6.45) is 2.83. The SMILES string of the molecule is CN[C@@H](C)C(=O)N[C@H](C(=O)N1C[C@@H](NC(=O)c2ccc(C(=O)N3CCN(C(=O)[C@H](C)NC)CC3)cc2)C[C@H]1C(=O)N[C@@H]1CCCc2ccccc21)C(C)(C)C.Cl.Cl. The number of fused-ring (bicyclic) bond motifs is 1. The molecule has 5 N–H and O–H groups in total. The number of benzene rings is 2. The summed E-state index contributed by atoms with van der Waals surface area (Å²) in [7, 11) is 3.40. The van der Waals surface area contributed by atoms with Gasteiger partial charge in [-0.25, -0.2) is 0 Å². The summed E-state index contributed by atoms with van der Waals surface area (Å²) >= 11 is 0. The van der Waals surface area contributed by atoms with E-state index in [0.717, 1.165) is 24.8 Å². The molecule has 0 unspecified atom stereocenters. The number of halogens is 2. The highest BCUT2D eigenvalue weighted by atomic mass is 35.5. The molecule has 14 nitrogen and oxygen atoms in total. The zero-order valence-corrected chi connectivity index (χ0v) is 35.7. The first-order valence-electron chi connectivity index (χ1n) is 19.5. The Labute approximate surface area is 348 Å². The van der Waals surface area contributed by atoms with E-state index < -0.39 is 41.4 Å². The molecule has 6 amide bonds. The average Bonchev–Trinajstić information content (AvgIpc) is 3.62. The van der Waals surface area contributed by atoms with E-state index in [1.54, 1.807) is 55.1 Å². The van der Waals surface area contributed by atoms with Crippen molar-refractivity contribution in [3.05, 3.63) is 70.8 Å². The number of hydrogen-bond acceptors (Lipinski definition) is 8. The molecule has 0 saturated carbocycles. The van der Waals surface area contributed by atoms with Gasteiger partial charge in [0.05, 0.1) is 18.1 Å². The fourth-order valence-corrected chi connectivity index (χ4v) is 7.56. The van der Waals surface area contributed by atoms with Gasteiger partial charge in [0.2, 0.25) is 23.6 Å². The molecule has 0 bridgehead atoms. The van der Waals surface area contributed by atoms with E-state index in [-0.39, 0.29) is 73.5 Å². The summed E-state index contributed by atoms with van der Waals surface area (Å²) in [5, 5.41) is 15.0. The minimum atomic E-state index is -0.929. The number of carbonyl (C=O) groups is 6. The summed E-state index contributed by atoms with van der Waals surface area (Å²) in [6.45, 7) is 10.9. The predicted molar refractivity (Wildman–Crippen MR) is 223 cm³/mol. The van der Waals surface area contributed by atoms with Gasteiger partial charge in [-0.15, -0.1) is 24.8 Å². The average molecular weight is 832 g/mol. The van der Waals surface area contributed by atoms with Gasteiger partial charge in [0.15, 0.2) is 0 Å². The lowest BCUT2D eigenvalue weighted by atomic mass is 9.85. The molecular formula is C41H60Cl2N8O6. The van der Waals surface area contributed by atoms with E-state index in [0.29, 0.717) is 37.3 Å². The minimum Gasteiger partial charge on any atom is -0.347 e. The van der Waals surface area contributed by atoms with Crippen molar-refractivity contribution in [2.24, 2.45) is 5.41 Å². The van der Waals surface area contributed by atoms with Crippen molar-refractivity contribution < 1.29 is 28.8 Å². The smallest absolute Gasteiger partial charge is 0.253 e. The zero-order chi connectivity index (χ0) is 40.0. The molecule has 314 valence electrons. The molecule has 0 aromatic heterocycles. The molecule has 1 aliphatic carbocycles. The van der Waals surface area contributed by atoms with Crippen LogP contribution in [-0.4, -0.2) is 127 Å². The van der Waals surface area contributed by atoms with Crippen LogP contribution < -0.4 is 26.6 Å². The van der Waals surface area contributed by atoms with Crippen LogP contribution in [0.15, 0.2) is 48.5 Å². The van der Waals surface area contributed by atoms with Gasteiger partial charge in [-0.3, -0.25) is 28.8 Å². The second-order valence-electron chi connectivity index (χ2n) is 16.1. The lowest BCUT2D eigenvalue weighted by Crippen LogP contribution is -2.59. The van der Waals surface area contributed by atoms with Gasteiger partial charge in [-0.05, 0) is 94.4 Å². The topological polar surface area (TPSA) is 172 Å². The van der Waals surface area contributed by atoms with Crippen molar-refractivity contribution >= 4 is 60.3 Å². The molecule has 2 heterocycles. The first kappa shape index (κ1) is 47.1. The molecule has 2 saturated heterocycles. The maximum atomic E-state index is 14.4. The van der Waals surface area contributed by atoms with Gasteiger partial charge in [-0.2, -0.15) is 0 Å². The molecule has 2 aromatic rings. The molecule has 2 aromatic carbocycles. The number of amides is 6. The van der Waals surface area contributed by atoms with E-state index in [4.69, 9.17) is 0 Å². The second kappa shape index (κ2) is 20.4. The Morgan fingerprint density at radius 1 is 0.754 bits per heavy atom. The highest BCUT2D eigenvalue weighted by molar-refractivity contribution is 5.99. The summed E-state index contributed by atoms with van der Waals surface area (Å²) in [5.41, 5.74) is 2.35. The van der Waals surface area contributed by atoms with Crippen LogP contribution in [-0.2, 0) is 25.6 Å². The van der Waals surface area contributed by atoms with E-state index in [1.807, 2.05) is 45.9 Å². The third-order valence-corrected chi connectivity index (χ3v) is 11.2. The quantitative estimate of drug-likeness (QED) is 0.230. The molecule has 0 spiro atoms. The number of nitrogens with zero attached hydrogens (tertiary/aromatic N) is 3. The molecular weight excluding hydrogens is 771 g/mol. The number of hydrogen-bond donors (Lipinski definition) is 5. The van der Waals surface area contributed by atoms with Crippen LogP contribution in [0.25, 0.3) is 0 Å². The number of aryl methyl sites for hydroxylation is 1. The highest BCUT2D eigenvalue weighted by Gasteiger charge is 2.46. The summed E-state index contributed by atoms with van der Waals surface area (Å²) in [4.78, 5) is 86.0. The third kappa shape index (κ3) is 11.2. The Morgan fingerprint density at radius 2 is 1.35 bits per heavy atom. The molecule has 0 radical (unpaired) electrons. The Bertz CT molecular complexity index is 1750. The zero-order valence-electron chi connectivity index (χ0n) is 34.1. The largest absolute Gasteiger partial charge is 0.347 e. The number of rotatable bonds is 11. The molecule has 3 aliphatic rings. The number of likely N-dealkylation sites (N-methyl/N-ethyl adjacent to an activating group) is 2. The van der Waals surface area contributed by atoms with Crippen molar-refractivity contribution in [3.63, 3.8) is 0 Å². The predicted octanol–water partition coefficient (Wildman–Crippen LogP) is 2.45. The van der Waals surface area contributed by atoms with Crippen LogP contribution in [0, 0.1) is 5.41 Å². The normalized spacial score (nSPS) is 20.8. The third-order valence-electron chi connectivity index (χ3n) is 11.2. The summed E-state index contributed by atoms with van der Waals surface area (Å²) in [5.74, 6) is -1.61. The van der Waals surface area contributed by atoms with E-state index >= 15 is 0 Å². The monoisotopic (exact) mass is 830 g/mol. The number of likely N-dealkylation sites (tertiary alicyclic amines) is 1. The molecule has 2 aliphatic heterocycles. The van der Waals surface area contributed by atoms with Gasteiger partial charge >= 0.3 is 0 Å². The molecule has 2 fully saturated rings. The maximum absolute atomic E-state index is 14.4. The maximum Gasteiger partial charge on any atom is 0.253 e. The first-order chi connectivity index (χ1) is 26.1. The Morgan fingerprint density at radius 3 is 1.96 bits per heavy atom. The van der Waals surface area contributed by atoms with Crippen LogP contribution in [0.5, 0.6) is 0 Å². The van der Waals surface area contributed by atoms with E-state index in [9.17, 15) is 28.8 Å². The number of nitrogens with one attached hydrogen (secondary N) is 5. The lowest BCUT2D eigenvalue weighted by Gasteiger charge is -2.36. The van der Waals surface area contributed by atoms with Crippen LogP contribution in [0.3, 0.4) is 0 Å². The van der Waals surface area contributed by atoms with Crippen molar-refractivity contribution in [1.82, 2.24) is 41.3 Å². The van der Waals surface area contributed by atoms with Crippen LogP contribution >= 0.6 is 24.8 Å². The van der Waals surface area contributed by atoms with E-state index in [2.05, 4.69) is 32.7 Å². The summed E-state index contributed by atoms with van der Waals surface area (Å²) in [6, 6.07) is 11.1. The molecule has 16 heteroatoms. The molecule has 6 atom stereocenters. The van der Waals surface area contributed by atoms with Crippen molar-refractivity contribution in [2.75, 3.05) is 46.8 Å². The summed E-state index contributed by atoms with van der Waals surface area (Å²) < 4.78 is 0. The van der Waals surface area contributed by atoms with Crippen molar-refractivity contribution in [1.29, 1.82) is 0 Å². The van der Waals surface area contributed by atoms with Crippen LogP contribution in [0.1, 0.15) is 91.8 Å². The highest BCUT2D eigenvalue weighted by Crippen LogP contribution is 2.31. The van der Waals surface area contributed by atoms with Gasteiger partial charge < -0.3 is 41.3 Å². The first-order valence-corrected chi connectivity index (χ1v) is 19.5. The van der Waals surface area contributed by atoms with Crippen molar-refractivity contribution in [3.8, 4) is 0 Å². The number of piperazine rings is 1. The number of carbonyl (C=O) groups excluding carboxylic acids is 6. The molecule has 5 rings (SSSR count). The van der Waals surface area contributed by atoms with Crippen molar-refractivity contribution in [2.45, 2.75) is 96.6 Å². The fraction of sp³-hybridized carbons (Fsp3) is 0.561. The molecule has 57 heavy (non-hydrogen) atoms. The Balaban J connectivity index is 0.00000435. The Kier molecular flexibility index (Phi) is 16.9. The van der Waals surface area contributed by atoms with Crippen LogP contribution in [0.4, 0.5) is 0 Å². The standard InChI is InChI=1S/C41H58N8O6.2ClH/c1-25(42-6)35(50)46-34(41(3,4)5)40(55)49-24-30(23-33(49)37(52)45-32-14-10-12-27-11-8-9-13-31(27)32)44-36(51)28-15-17-29(18-16-28)39(54)48-21-19-47(20-22-48)38(53)26(2)43-7;;/h8-9,11,13,15-18,25-26,30,32-34,42-43H,10,12,14,19-24H2,1-7H3,(H,44,51)(H,45,52)(H,46,50);2*1H/t25-,26-,30-,32+,33-,34+;;/m0../s1. The lowest BCUT2D eigenvalue weighted by molar-refractivity contribution is -0.144. The van der Waals surface area contributed by atoms with Gasteiger partial charge in [0.1, 0.15) is 12.1 Å². The van der Waals surface area contributed by atoms with Gasteiger partial charge in [-0.1, -0.05) is 45.0 Å². The second-order valence-corrected chi connectivity index (χ2v) is 16.1. The minimum absolute atomic E-state index is 0. The van der Waals surface area contributed by atoms with Gasteiger partial charge in [0.25, 0.3) is 11.8 Å². The fourth-order valence-electron chi connectivity index (χ4n) is 7.56.